The van der Waals surface area contributed by atoms with Crippen molar-refractivity contribution in [2.45, 2.75) is 6.92 Å². The molecular weight excluding hydrogens is 365 g/mol. The van der Waals surface area contributed by atoms with E-state index in [4.69, 9.17) is 37.2 Å². The van der Waals surface area contributed by atoms with Gasteiger partial charge in [0.15, 0.2) is 17.3 Å². The monoisotopic (exact) mass is 379 g/mol. The molecule has 1 heterocycles. The molecule has 0 aliphatic heterocycles. The highest BCUT2D eigenvalue weighted by molar-refractivity contribution is 6.36. The molecule has 0 radical (unpaired) electrons. The summed E-state index contributed by atoms with van der Waals surface area (Å²) < 4.78 is 16.0. The molecule has 0 fully saturated rings. The van der Waals surface area contributed by atoms with Crippen LogP contribution in [0, 0.1) is 6.92 Å². The molecule has 5 nitrogen and oxygen atoms in total. The normalized spacial score (nSPS) is 10.8. The lowest BCUT2D eigenvalue weighted by molar-refractivity contribution is 0.355. The fourth-order valence-corrected chi connectivity index (χ4v) is 3.07. The lowest BCUT2D eigenvalue weighted by atomic mass is 10.0. The van der Waals surface area contributed by atoms with Gasteiger partial charge in [-0.05, 0) is 37.3 Å². The Hall–Kier alpha value is -2.37. The average molecular weight is 380 g/mol. The molecule has 25 heavy (non-hydrogen) atoms. The molecule has 130 valence electrons. The van der Waals surface area contributed by atoms with E-state index in [-0.39, 0.29) is 10.8 Å². The molecule has 3 rings (SSSR count). The second kappa shape index (κ2) is 6.86. The Balaban J connectivity index is 2.11. The standard InChI is InChI=1S/C18H15Cl2NO4/c1-9-16(10-4-5-14(23-2)15(6-10)24-3)21-25-18(9)12-7-11(19)8-13(20)17(12)22/h4-8,22H,1-3H3. The molecule has 0 spiro atoms. The Morgan fingerprint density at radius 1 is 1.04 bits per heavy atom. The van der Waals surface area contributed by atoms with Crippen LogP contribution < -0.4 is 9.47 Å². The molecule has 7 heteroatoms. The molecule has 2 aromatic carbocycles. The van der Waals surface area contributed by atoms with Gasteiger partial charge < -0.3 is 19.1 Å². The number of aromatic nitrogens is 1. The van der Waals surface area contributed by atoms with Gasteiger partial charge in [-0.15, -0.1) is 0 Å². The summed E-state index contributed by atoms with van der Waals surface area (Å²) in [5, 5.41) is 14.9. The minimum atomic E-state index is -0.107. The number of hydrogen-bond acceptors (Lipinski definition) is 5. The van der Waals surface area contributed by atoms with Crippen molar-refractivity contribution < 1.29 is 19.1 Å². The van der Waals surface area contributed by atoms with E-state index in [0.29, 0.717) is 33.5 Å². The summed E-state index contributed by atoms with van der Waals surface area (Å²) >= 11 is 12.0. The molecule has 0 saturated heterocycles. The molecule has 0 aliphatic rings. The van der Waals surface area contributed by atoms with Crippen molar-refractivity contribution in [3.63, 3.8) is 0 Å². The first-order valence-corrected chi connectivity index (χ1v) is 8.09. The minimum Gasteiger partial charge on any atom is -0.506 e. The molecule has 0 amide bonds. The first kappa shape index (κ1) is 17.5. The Bertz CT molecular complexity index is 937. The van der Waals surface area contributed by atoms with Crippen molar-refractivity contribution in [1.29, 1.82) is 0 Å². The van der Waals surface area contributed by atoms with Crippen molar-refractivity contribution in [1.82, 2.24) is 5.16 Å². The molecular formula is C18H15Cl2NO4. The Labute approximate surface area is 154 Å². The van der Waals surface area contributed by atoms with Crippen molar-refractivity contribution >= 4 is 23.2 Å². The number of hydrogen-bond donors (Lipinski definition) is 1. The highest BCUT2D eigenvalue weighted by Crippen LogP contribution is 2.42. The van der Waals surface area contributed by atoms with Gasteiger partial charge in [-0.2, -0.15) is 0 Å². The van der Waals surface area contributed by atoms with Gasteiger partial charge in [0, 0.05) is 16.1 Å². The molecule has 3 aromatic rings. The average Bonchev–Trinajstić information content (AvgIpc) is 2.98. The summed E-state index contributed by atoms with van der Waals surface area (Å²) in [6, 6.07) is 8.48. The predicted octanol–water partition coefficient (Wildman–Crippen LogP) is 5.35. The fourth-order valence-electron chi connectivity index (χ4n) is 2.58. The smallest absolute Gasteiger partial charge is 0.174 e. The van der Waals surface area contributed by atoms with E-state index in [2.05, 4.69) is 5.16 Å². The Kier molecular flexibility index (Phi) is 4.79. The first-order valence-electron chi connectivity index (χ1n) is 7.33. The van der Waals surface area contributed by atoms with Gasteiger partial charge in [0.05, 0.1) is 24.8 Å². The van der Waals surface area contributed by atoms with Crippen LogP contribution in [0.25, 0.3) is 22.6 Å². The number of benzene rings is 2. The third-order valence-electron chi connectivity index (χ3n) is 3.85. The summed E-state index contributed by atoms with van der Waals surface area (Å²) in [6.07, 6.45) is 0. The fraction of sp³-hybridized carbons (Fsp3) is 0.167. The van der Waals surface area contributed by atoms with E-state index >= 15 is 0 Å². The van der Waals surface area contributed by atoms with E-state index in [1.54, 1.807) is 32.4 Å². The number of aromatic hydroxyl groups is 1. The number of ether oxygens (including phenoxy) is 2. The summed E-state index contributed by atoms with van der Waals surface area (Å²) in [7, 11) is 3.14. The van der Waals surface area contributed by atoms with E-state index in [1.165, 1.54) is 6.07 Å². The molecule has 0 saturated carbocycles. The Morgan fingerprint density at radius 3 is 2.44 bits per heavy atom. The van der Waals surface area contributed by atoms with Crippen molar-refractivity contribution in [2.24, 2.45) is 0 Å². The number of methoxy groups -OCH3 is 2. The summed E-state index contributed by atoms with van der Waals surface area (Å²) in [4.78, 5) is 0. The Morgan fingerprint density at radius 2 is 1.76 bits per heavy atom. The molecule has 1 aromatic heterocycles. The van der Waals surface area contributed by atoms with Gasteiger partial charge in [-0.3, -0.25) is 0 Å². The summed E-state index contributed by atoms with van der Waals surface area (Å²) in [5.41, 5.74) is 2.53. The van der Waals surface area contributed by atoms with Crippen LogP contribution in [0.15, 0.2) is 34.9 Å². The van der Waals surface area contributed by atoms with Crippen LogP contribution in [0.4, 0.5) is 0 Å². The lowest BCUT2D eigenvalue weighted by Gasteiger charge is -2.08. The largest absolute Gasteiger partial charge is 0.506 e. The van der Waals surface area contributed by atoms with E-state index in [1.807, 2.05) is 13.0 Å². The number of nitrogens with zero attached hydrogens (tertiary/aromatic N) is 1. The van der Waals surface area contributed by atoms with Crippen LogP contribution >= 0.6 is 23.2 Å². The van der Waals surface area contributed by atoms with Crippen LogP contribution in [-0.4, -0.2) is 24.5 Å². The van der Waals surface area contributed by atoms with Crippen molar-refractivity contribution in [3.05, 3.63) is 45.9 Å². The maximum atomic E-state index is 10.2. The first-order chi connectivity index (χ1) is 12.0. The molecule has 0 aliphatic carbocycles. The van der Waals surface area contributed by atoms with Crippen molar-refractivity contribution in [2.75, 3.05) is 14.2 Å². The highest BCUT2D eigenvalue weighted by Gasteiger charge is 2.21. The van der Waals surface area contributed by atoms with Crippen LogP contribution in [0.3, 0.4) is 0 Å². The van der Waals surface area contributed by atoms with E-state index in [0.717, 1.165) is 11.1 Å². The van der Waals surface area contributed by atoms with Gasteiger partial charge in [-0.25, -0.2) is 0 Å². The summed E-state index contributed by atoms with van der Waals surface area (Å²) in [6.45, 7) is 1.84. The van der Waals surface area contributed by atoms with Crippen LogP contribution in [0.2, 0.25) is 10.0 Å². The second-order valence-corrected chi connectivity index (χ2v) is 6.18. The van der Waals surface area contributed by atoms with Crippen LogP contribution in [-0.2, 0) is 0 Å². The predicted molar refractivity (Wildman–Crippen MR) is 96.9 cm³/mol. The van der Waals surface area contributed by atoms with Gasteiger partial charge in [-0.1, -0.05) is 28.4 Å². The number of halogens is 2. The van der Waals surface area contributed by atoms with E-state index in [9.17, 15) is 5.11 Å². The van der Waals surface area contributed by atoms with Gasteiger partial charge in [0.25, 0.3) is 0 Å². The SMILES string of the molecule is COc1ccc(-c2noc(-c3cc(Cl)cc(Cl)c3O)c2C)cc1OC. The zero-order valence-electron chi connectivity index (χ0n) is 13.8. The molecule has 1 N–H and O–H groups in total. The molecule has 0 bridgehead atoms. The third-order valence-corrected chi connectivity index (χ3v) is 4.36. The third kappa shape index (κ3) is 3.13. The summed E-state index contributed by atoms with van der Waals surface area (Å²) in [5.74, 6) is 1.49. The van der Waals surface area contributed by atoms with Crippen molar-refractivity contribution in [3.8, 4) is 39.8 Å². The van der Waals surface area contributed by atoms with E-state index < -0.39 is 0 Å². The van der Waals surface area contributed by atoms with Gasteiger partial charge in [0.1, 0.15) is 11.4 Å². The molecule has 0 atom stereocenters. The lowest BCUT2D eigenvalue weighted by Crippen LogP contribution is -1.91. The minimum absolute atomic E-state index is 0.107. The number of phenolic OH excluding ortho intramolecular Hbond substituents is 1. The highest BCUT2D eigenvalue weighted by atomic mass is 35.5. The zero-order chi connectivity index (χ0) is 18.1. The second-order valence-electron chi connectivity index (χ2n) is 5.34. The molecule has 0 unspecified atom stereocenters. The quantitative estimate of drug-likeness (QED) is 0.661. The number of phenols is 1. The maximum Gasteiger partial charge on any atom is 0.174 e. The van der Waals surface area contributed by atoms with Crippen LogP contribution in [0.1, 0.15) is 5.56 Å². The zero-order valence-corrected chi connectivity index (χ0v) is 15.3. The topological polar surface area (TPSA) is 64.7 Å². The van der Waals surface area contributed by atoms with Gasteiger partial charge in [0.2, 0.25) is 0 Å². The maximum absolute atomic E-state index is 10.2. The number of rotatable bonds is 4. The van der Waals surface area contributed by atoms with Gasteiger partial charge >= 0.3 is 0 Å². The van der Waals surface area contributed by atoms with Crippen LogP contribution in [0.5, 0.6) is 17.2 Å².